The van der Waals surface area contributed by atoms with Crippen LogP contribution in [0.2, 0.25) is 0 Å². The maximum absolute atomic E-state index is 12.1. The molecule has 0 aromatic heterocycles. The van der Waals surface area contributed by atoms with E-state index in [4.69, 9.17) is 9.47 Å². The van der Waals surface area contributed by atoms with Crippen LogP contribution in [0.25, 0.3) is 6.08 Å². The van der Waals surface area contributed by atoms with E-state index in [0.29, 0.717) is 18.6 Å². The highest BCUT2D eigenvalue weighted by Gasteiger charge is 2.46. The fourth-order valence-electron chi connectivity index (χ4n) is 3.22. The molecule has 3 heteroatoms. The van der Waals surface area contributed by atoms with Gasteiger partial charge in [-0.3, -0.25) is 0 Å². The molecule has 0 bridgehead atoms. The van der Waals surface area contributed by atoms with Crippen molar-refractivity contribution in [1.82, 2.24) is 0 Å². The maximum Gasteiger partial charge on any atom is 0.515 e. The Labute approximate surface area is 170 Å². The van der Waals surface area contributed by atoms with Gasteiger partial charge in [-0.25, -0.2) is 4.79 Å². The summed E-state index contributed by atoms with van der Waals surface area (Å²) in [6.07, 6.45) is 2.31. The second-order valence-corrected chi connectivity index (χ2v) is 6.80. The minimum atomic E-state index is -1.13. The minimum absolute atomic E-state index is 0.424. The molecule has 0 radical (unpaired) electrons. The standard InChI is InChI=1S/C26H20O3/c27-25-28-24(20-23-14-8-3-9-15-23)26(29-25,18-16-21-10-4-1-5-11-21)19-17-22-12-6-2-7-13-22/h1-15,20H,16,18H2/b24-20-/t26-/m0/s1. The first-order chi connectivity index (χ1) is 14.2. The van der Waals surface area contributed by atoms with Crippen LogP contribution in [0.3, 0.4) is 0 Å². The average Bonchev–Trinajstić information content (AvgIpc) is 3.08. The summed E-state index contributed by atoms with van der Waals surface area (Å²) in [6.45, 7) is 0. The maximum atomic E-state index is 12.1. The van der Waals surface area contributed by atoms with Crippen LogP contribution in [-0.4, -0.2) is 11.8 Å². The van der Waals surface area contributed by atoms with Crippen molar-refractivity contribution < 1.29 is 14.3 Å². The number of benzene rings is 3. The highest BCUT2D eigenvalue weighted by atomic mass is 16.8. The molecule has 3 aromatic carbocycles. The lowest BCUT2D eigenvalue weighted by Gasteiger charge is -2.20. The molecule has 3 nitrogen and oxygen atoms in total. The molecular weight excluding hydrogens is 360 g/mol. The summed E-state index contributed by atoms with van der Waals surface area (Å²) < 4.78 is 11.1. The molecular formula is C26H20O3. The summed E-state index contributed by atoms with van der Waals surface area (Å²) in [4.78, 5) is 12.1. The molecule has 0 amide bonds. The van der Waals surface area contributed by atoms with Crippen molar-refractivity contribution >= 4 is 12.2 Å². The molecule has 0 spiro atoms. The zero-order valence-electron chi connectivity index (χ0n) is 15.9. The van der Waals surface area contributed by atoms with Gasteiger partial charge in [-0.05, 0) is 41.7 Å². The van der Waals surface area contributed by atoms with Gasteiger partial charge in [-0.15, -0.1) is 0 Å². The van der Waals surface area contributed by atoms with Crippen LogP contribution < -0.4 is 0 Å². The third kappa shape index (κ3) is 4.56. The highest BCUT2D eigenvalue weighted by molar-refractivity contribution is 5.72. The van der Waals surface area contributed by atoms with Crippen molar-refractivity contribution in [1.29, 1.82) is 0 Å². The molecule has 0 unspecified atom stereocenters. The molecule has 1 aliphatic heterocycles. The van der Waals surface area contributed by atoms with E-state index in [-0.39, 0.29) is 0 Å². The Hall–Kier alpha value is -3.77. The monoisotopic (exact) mass is 380 g/mol. The van der Waals surface area contributed by atoms with E-state index in [2.05, 4.69) is 24.0 Å². The summed E-state index contributed by atoms with van der Waals surface area (Å²) in [5.74, 6) is 6.77. The Morgan fingerprint density at radius 1 is 0.828 bits per heavy atom. The lowest BCUT2D eigenvalue weighted by atomic mass is 9.91. The normalized spacial score (nSPS) is 19.2. The van der Waals surface area contributed by atoms with E-state index in [1.807, 2.05) is 84.9 Å². The molecule has 4 rings (SSSR count). The third-order valence-electron chi connectivity index (χ3n) is 4.74. The van der Waals surface area contributed by atoms with Crippen molar-refractivity contribution in [3.63, 3.8) is 0 Å². The van der Waals surface area contributed by atoms with Crippen molar-refractivity contribution in [3.05, 3.63) is 113 Å². The lowest BCUT2D eigenvalue weighted by Crippen LogP contribution is -2.29. The van der Waals surface area contributed by atoms with Gasteiger partial charge in [-0.2, -0.15) is 0 Å². The number of carbonyl (C=O) groups is 1. The van der Waals surface area contributed by atoms with Crippen LogP contribution in [0, 0.1) is 11.8 Å². The van der Waals surface area contributed by atoms with Gasteiger partial charge in [0.05, 0.1) is 0 Å². The van der Waals surface area contributed by atoms with Gasteiger partial charge in [0.15, 0.2) is 5.76 Å². The Morgan fingerprint density at radius 2 is 1.45 bits per heavy atom. The number of hydrogen-bond acceptors (Lipinski definition) is 3. The van der Waals surface area contributed by atoms with Crippen molar-refractivity contribution in [2.75, 3.05) is 0 Å². The van der Waals surface area contributed by atoms with Gasteiger partial charge in [0.25, 0.3) is 0 Å². The van der Waals surface area contributed by atoms with E-state index >= 15 is 0 Å². The predicted octanol–water partition coefficient (Wildman–Crippen LogP) is 5.62. The van der Waals surface area contributed by atoms with Gasteiger partial charge < -0.3 is 9.47 Å². The van der Waals surface area contributed by atoms with E-state index in [1.54, 1.807) is 0 Å². The quantitative estimate of drug-likeness (QED) is 0.435. The van der Waals surface area contributed by atoms with E-state index in [0.717, 1.165) is 16.7 Å². The average molecular weight is 380 g/mol. The largest absolute Gasteiger partial charge is 0.515 e. The Bertz CT molecular complexity index is 1060. The van der Waals surface area contributed by atoms with E-state index < -0.39 is 11.8 Å². The zero-order chi connectivity index (χ0) is 19.9. The number of cyclic esters (lactones) is 2. The van der Waals surface area contributed by atoms with E-state index in [9.17, 15) is 4.79 Å². The number of rotatable bonds is 4. The number of hydrogen-bond donors (Lipinski definition) is 0. The Balaban J connectivity index is 1.72. The highest BCUT2D eigenvalue weighted by Crippen LogP contribution is 2.36. The fraction of sp³-hybridized carbons (Fsp3) is 0.115. The van der Waals surface area contributed by atoms with Crippen LogP contribution >= 0.6 is 0 Å². The van der Waals surface area contributed by atoms with Crippen LogP contribution in [0.5, 0.6) is 0 Å². The topological polar surface area (TPSA) is 35.5 Å². The summed E-state index contributed by atoms with van der Waals surface area (Å²) in [5.41, 5.74) is 1.80. The third-order valence-corrected chi connectivity index (χ3v) is 4.74. The molecule has 142 valence electrons. The first-order valence-electron chi connectivity index (χ1n) is 9.54. The molecule has 0 saturated carbocycles. The Kier molecular flexibility index (Phi) is 5.45. The van der Waals surface area contributed by atoms with Gasteiger partial charge in [0, 0.05) is 12.0 Å². The van der Waals surface area contributed by atoms with Gasteiger partial charge in [0.2, 0.25) is 5.60 Å². The summed E-state index contributed by atoms with van der Waals surface area (Å²) >= 11 is 0. The fourth-order valence-corrected chi connectivity index (χ4v) is 3.22. The number of ether oxygens (including phenoxy) is 2. The molecule has 1 aliphatic rings. The van der Waals surface area contributed by atoms with Gasteiger partial charge in [-0.1, -0.05) is 84.8 Å². The predicted molar refractivity (Wildman–Crippen MR) is 113 cm³/mol. The van der Waals surface area contributed by atoms with Crippen LogP contribution in [0.1, 0.15) is 23.1 Å². The van der Waals surface area contributed by atoms with Crippen molar-refractivity contribution in [3.8, 4) is 11.8 Å². The summed E-state index contributed by atoms with van der Waals surface area (Å²) in [6, 6.07) is 29.4. The summed E-state index contributed by atoms with van der Waals surface area (Å²) in [7, 11) is 0. The summed E-state index contributed by atoms with van der Waals surface area (Å²) in [5, 5.41) is 0. The van der Waals surface area contributed by atoms with Gasteiger partial charge in [0.1, 0.15) is 0 Å². The van der Waals surface area contributed by atoms with Crippen LogP contribution in [0.15, 0.2) is 96.8 Å². The minimum Gasteiger partial charge on any atom is -0.406 e. The molecule has 1 atom stereocenters. The molecule has 0 aliphatic carbocycles. The van der Waals surface area contributed by atoms with E-state index in [1.165, 1.54) is 0 Å². The SMILES string of the molecule is O=C1O/C(=C\c2ccccc2)[C@@](C#Cc2ccccc2)(CCc2ccccc2)O1. The lowest BCUT2D eigenvalue weighted by molar-refractivity contribution is 0.0923. The van der Waals surface area contributed by atoms with Gasteiger partial charge >= 0.3 is 6.16 Å². The van der Waals surface area contributed by atoms with Crippen LogP contribution in [0.4, 0.5) is 4.79 Å². The number of aryl methyl sites for hydroxylation is 1. The first-order valence-corrected chi connectivity index (χ1v) is 9.54. The molecule has 3 aromatic rings. The molecule has 0 N–H and O–H groups in total. The second-order valence-electron chi connectivity index (χ2n) is 6.80. The smallest absolute Gasteiger partial charge is 0.406 e. The number of carbonyl (C=O) groups excluding carboxylic acids is 1. The zero-order valence-corrected chi connectivity index (χ0v) is 15.9. The first kappa shape index (κ1) is 18.6. The molecule has 1 heterocycles. The molecule has 1 saturated heterocycles. The Morgan fingerprint density at radius 3 is 2.14 bits per heavy atom. The second kappa shape index (κ2) is 8.50. The van der Waals surface area contributed by atoms with Crippen molar-refractivity contribution in [2.24, 2.45) is 0 Å². The molecule has 29 heavy (non-hydrogen) atoms. The van der Waals surface area contributed by atoms with Crippen molar-refractivity contribution in [2.45, 2.75) is 18.4 Å². The van der Waals surface area contributed by atoms with Crippen LogP contribution in [-0.2, 0) is 15.9 Å². The molecule has 1 fully saturated rings.